The summed E-state index contributed by atoms with van der Waals surface area (Å²) in [5, 5.41) is 2.62. The molecule has 0 aromatic carbocycles. The molecule has 0 spiro atoms. The van der Waals surface area contributed by atoms with Crippen LogP contribution in [0.4, 0.5) is 19.1 Å². The van der Waals surface area contributed by atoms with Gasteiger partial charge in [0.2, 0.25) is 5.95 Å². The molecule has 132 valence electrons. The molecule has 0 atom stereocenters. The summed E-state index contributed by atoms with van der Waals surface area (Å²) in [6.45, 7) is 1.98. The van der Waals surface area contributed by atoms with E-state index < -0.39 is 17.8 Å². The first-order valence-corrected chi connectivity index (χ1v) is 7.82. The lowest BCUT2D eigenvalue weighted by Gasteiger charge is -2.15. The van der Waals surface area contributed by atoms with Crippen molar-refractivity contribution in [3.63, 3.8) is 0 Å². The first-order chi connectivity index (χ1) is 11.9. The molecule has 1 aliphatic heterocycles. The van der Waals surface area contributed by atoms with Gasteiger partial charge in [-0.3, -0.25) is 9.78 Å². The summed E-state index contributed by atoms with van der Waals surface area (Å²) in [6, 6.07) is 3.57. The molecule has 0 radical (unpaired) electrons. The molecule has 6 nitrogen and oxygen atoms in total. The minimum Gasteiger partial charge on any atom is -0.346 e. The summed E-state index contributed by atoms with van der Waals surface area (Å²) < 4.78 is 37.4. The number of carbonyl (C=O) groups is 1. The van der Waals surface area contributed by atoms with Crippen LogP contribution in [0.1, 0.15) is 34.6 Å². The number of rotatable bonds is 4. The molecule has 0 bridgehead atoms. The molecule has 9 heteroatoms. The number of anilines is 1. The lowest BCUT2D eigenvalue weighted by molar-refractivity contribution is -0.141. The third-order valence-electron chi connectivity index (χ3n) is 3.84. The maximum atomic E-state index is 12.5. The Bertz CT molecular complexity index is 742. The largest absolute Gasteiger partial charge is 0.433 e. The van der Waals surface area contributed by atoms with Gasteiger partial charge in [0.25, 0.3) is 5.91 Å². The quantitative estimate of drug-likeness (QED) is 0.916. The molecule has 25 heavy (non-hydrogen) atoms. The molecule has 0 saturated carbocycles. The highest BCUT2D eigenvalue weighted by molar-refractivity contribution is 5.93. The number of nitrogens with zero attached hydrogens (tertiary/aromatic N) is 4. The number of pyridine rings is 1. The number of hydrogen-bond donors (Lipinski definition) is 1. The van der Waals surface area contributed by atoms with Crippen LogP contribution in [-0.2, 0) is 12.7 Å². The van der Waals surface area contributed by atoms with Gasteiger partial charge in [-0.2, -0.15) is 13.2 Å². The zero-order chi connectivity index (χ0) is 17.9. The first-order valence-electron chi connectivity index (χ1n) is 7.82. The van der Waals surface area contributed by atoms with Crippen molar-refractivity contribution < 1.29 is 18.0 Å². The minimum absolute atomic E-state index is 0.0572. The summed E-state index contributed by atoms with van der Waals surface area (Å²) in [6.07, 6.45) is 0.216. The van der Waals surface area contributed by atoms with Crippen molar-refractivity contribution in [1.82, 2.24) is 20.3 Å². The number of halogens is 3. The molecule has 3 heterocycles. The van der Waals surface area contributed by atoms with Crippen LogP contribution >= 0.6 is 0 Å². The van der Waals surface area contributed by atoms with Gasteiger partial charge in [-0.15, -0.1) is 0 Å². The third kappa shape index (κ3) is 4.23. The van der Waals surface area contributed by atoms with Crippen molar-refractivity contribution in [3.05, 3.63) is 47.5 Å². The maximum absolute atomic E-state index is 12.5. The van der Waals surface area contributed by atoms with Gasteiger partial charge in [0.1, 0.15) is 5.69 Å². The molecule has 2 aromatic rings. The monoisotopic (exact) mass is 351 g/mol. The van der Waals surface area contributed by atoms with Crippen molar-refractivity contribution in [2.24, 2.45) is 0 Å². The summed E-state index contributed by atoms with van der Waals surface area (Å²) >= 11 is 0. The Kier molecular flexibility index (Phi) is 4.82. The van der Waals surface area contributed by atoms with E-state index in [0.29, 0.717) is 11.6 Å². The van der Waals surface area contributed by atoms with Crippen LogP contribution in [0.2, 0.25) is 0 Å². The fraction of sp³-hybridized carbons (Fsp3) is 0.375. The highest BCUT2D eigenvalue weighted by Gasteiger charge is 2.32. The van der Waals surface area contributed by atoms with Crippen molar-refractivity contribution in [2.45, 2.75) is 25.6 Å². The molecule has 0 aliphatic carbocycles. The van der Waals surface area contributed by atoms with Crippen LogP contribution in [0.5, 0.6) is 0 Å². The van der Waals surface area contributed by atoms with E-state index in [1.165, 1.54) is 0 Å². The van der Waals surface area contributed by atoms with E-state index in [1.54, 1.807) is 12.3 Å². The second-order valence-electron chi connectivity index (χ2n) is 5.65. The number of carbonyl (C=O) groups excluding carboxylic acids is 1. The van der Waals surface area contributed by atoms with Gasteiger partial charge in [-0.25, -0.2) is 9.97 Å². The minimum atomic E-state index is -4.53. The Morgan fingerprint density at radius 2 is 1.92 bits per heavy atom. The van der Waals surface area contributed by atoms with Gasteiger partial charge in [0.05, 0.1) is 17.8 Å². The fourth-order valence-corrected chi connectivity index (χ4v) is 2.52. The molecule has 1 amide bonds. The Balaban J connectivity index is 1.61. The Morgan fingerprint density at radius 3 is 2.56 bits per heavy atom. The Hall–Kier alpha value is -2.71. The summed E-state index contributed by atoms with van der Waals surface area (Å²) in [5.74, 6) is 0.114. The standard InChI is InChI=1S/C16H16F3N5O/c17-16(18,19)13-4-3-11(9-21-13)14(25)22-10-12-5-6-20-15(23-12)24-7-1-2-8-24/h3-6,9H,1-2,7-8,10H2,(H,22,25). The molecule has 1 aliphatic rings. The first kappa shape index (κ1) is 17.1. The molecular formula is C16H16F3N5O. The number of nitrogens with one attached hydrogen (secondary N) is 1. The Morgan fingerprint density at radius 1 is 1.16 bits per heavy atom. The van der Waals surface area contributed by atoms with Crippen molar-refractivity contribution in [1.29, 1.82) is 0 Å². The van der Waals surface area contributed by atoms with Crippen molar-refractivity contribution >= 4 is 11.9 Å². The van der Waals surface area contributed by atoms with Crippen LogP contribution < -0.4 is 10.2 Å². The normalized spacial score (nSPS) is 14.6. The molecule has 1 saturated heterocycles. The maximum Gasteiger partial charge on any atom is 0.433 e. The van der Waals surface area contributed by atoms with Crippen LogP contribution in [0.25, 0.3) is 0 Å². The fourth-order valence-electron chi connectivity index (χ4n) is 2.52. The van der Waals surface area contributed by atoms with Crippen molar-refractivity contribution in [3.8, 4) is 0 Å². The zero-order valence-corrected chi connectivity index (χ0v) is 13.3. The third-order valence-corrected chi connectivity index (χ3v) is 3.84. The predicted octanol–water partition coefficient (Wildman–Crippen LogP) is 2.42. The second kappa shape index (κ2) is 7.04. The topological polar surface area (TPSA) is 71.0 Å². The smallest absolute Gasteiger partial charge is 0.346 e. The number of alkyl halides is 3. The van der Waals surface area contributed by atoms with E-state index >= 15 is 0 Å². The average molecular weight is 351 g/mol. The van der Waals surface area contributed by atoms with Crippen LogP contribution in [0, 0.1) is 0 Å². The van der Waals surface area contributed by atoms with E-state index in [4.69, 9.17) is 0 Å². The summed E-state index contributed by atoms with van der Waals surface area (Å²) in [5.41, 5.74) is -0.345. The van der Waals surface area contributed by atoms with Gasteiger partial charge in [-0.05, 0) is 31.0 Å². The predicted molar refractivity (Wildman–Crippen MR) is 83.9 cm³/mol. The van der Waals surface area contributed by atoms with Crippen LogP contribution in [0.15, 0.2) is 30.6 Å². The molecule has 1 fully saturated rings. The highest BCUT2D eigenvalue weighted by Crippen LogP contribution is 2.27. The molecule has 0 unspecified atom stereocenters. The Labute approximate surface area is 142 Å². The van der Waals surface area contributed by atoms with E-state index in [2.05, 4.69) is 25.2 Å². The molecule has 2 aromatic heterocycles. The average Bonchev–Trinajstić information content (AvgIpc) is 3.14. The highest BCUT2D eigenvalue weighted by atomic mass is 19.4. The van der Waals surface area contributed by atoms with Gasteiger partial charge < -0.3 is 10.2 Å². The molecule has 3 rings (SSSR count). The number of amides is 1. The van der Waals surface area contributed by atoms with E-state index in [0.717, 1.165) is 44.3 Å². The zero-order valence-electron chi connectivity index (χ0n) is 13.3. The SMILES string of the molecule is O=C(NCc1ccnc(N2CCCC2)n1)c1ccc(C(F)(F)F)nc1. The number of aromatic nitrogens is 3. The second-order valence-corrected chi connectivity index (χ2v) is 5.65. The summed E-state index contributed by atoms with van der Waals surface area (Å²) in [7, 11) is 0. The lowest BCUT2D eigenvalue weighted by Crippen LogP contribution is -2.25. The molecule has 1 N–H and O–H groups in total. The van der Waals surface area contributed by atoms with Crippen LogP contribution in [-0.4, -0.2) is 33.9 Å². The van der Waals surface area contributed by atoms with E-state index in [-0.39, 0.29) is 12.1 Å². The van der Waals surface area contributed by atoms with Gasteiger partial charge >= 0.3 is 6.18 Å². The van der Waals surface area contributed by atoms with Gasteiger partial charge in [-0.1, -0.05) is 0 Å². The van der Waals surface area contributed by atoms with E-state index in [1.807, 2.05) is 0 Å². The van der Waals surface area contributed by atoms with Gasteiger partial charge in [0.15, 0.2) is 0 Å². The number of hydrogen-bond acceptors (Lipinski definition) is 5. The molecular weight excluding hydrogens is 335 g/mol. The van der Waals surface area contributed by atoms with Crippen molar-refractivity contribution in [2.75, 3.05) is 18.0 Å². The summed E-state index contributed by atoms with van der Waals surface area (Å²) in [4.78, 5) is 26.0. The van der Waals surface area contributed by atoms with E-state index in [9.17, 15) is 18.0 Å². The van der Waals surface area contributed by atoms with Crippen LogP contribution in [0.3, 0.4) is 0 Å². The lowest BCUT2D eigenvalue weighted by atomic mass is 10.2. The van der Waals surface area contributed by atoms with Gasteiger partial charge in [0, 0.05) is 25.5 Å².